The average molecular weight is 272 g/mol. The van der Waals surface area contributed by atoms with Crippen LogP contribution in [0.3, 0.4) is 0 Å². The number of amides is 1. The van der Waals surface area contributed by atoms with Gasteiger partial charge in [-0.15, -0.1) is 0 Å². The van der Waals surface area contributed by atoms with Gasteiger partial charge in [0.15, 0.2) is 0 Å². The van der Waals surface area contributed by atoms with Gasteiger partial charge < -0.3 is 9.42 Å². The molecule has 0 fully saturated rings. The summed E-state index contributed by atoms with van der Waals surface area (Å²) in [6, 6.07) is 11.4. The predicted octanol–water partition coefficient (Wildman–Crippen LogP) is 3.60. The summed E-state index contributed by atoms with van der Waals surface area (Å²) < 4.78 is 5.21. The molecule has 0 radical (unpaired) electrons. The van der Waals surface area contributed by atoms with Gasteiger partial charge in [-0.25, -0.2) is 0 Å². The molecule has 20 heavy (non-hydrogen) atoms. The van der Waals surface area contributed by atoms with Gasteiger partial charge in [0.25, 0.3) is 5.91 Å². The third-order valence-electron chi connectivity index (χ3n) is 3.06. The highest BCUT2D eigenvalue weighted by atomic mass is 16.5. The number of hydrogen-bond acceptors (Lipinski definition) is 3. The van der Waals surface area contributed by atoms with Crippen LogP contribution in [0.15, 0.2) is 40.9 Å². The molecule has 0 aliphatic heterocycles. The molecule has 0 saturated carbocycles. The number of hydrogen-bond donors (Lipinski definition) is 0. The van der Waals surface area contributed by atoms with Crippen LogP contribution < -0.4 is 0 Å². The smallest absolute Gasteiger partial charge is 0.292 e. The van der Waals surface area contributed by atoms with Crippen molar-refractivity contribution in [3.05, 3.63) is 42.2 Å². The number of carbonyl (C=O) groups is 1. The molecule has 2 aromatic rings. The Hall–Kier alpha value is -2.10. The summed E-state index contributed by atoms with van der Waals surface area (Å²) in [5.74, 6) is 0.231. The molecule has 1 heterocycles. The van der Waals surface area contributed by atoms with E-state index in [1.165, 1.54) is 0 Å². The second kappa shape index (κ2) is 6.89. The van der Waals surface area contributed by atoms with Crippen LogP contribution in [-0.2, 0) is 0 Å². The van der Waals surface area contributed by atoms with Gasteiger partial charge in [0, 0.05) is 24.7 Å². The van der Waals surface area contributed by atoms with E-state index < -0.39 is 0 Å². The molecule has 0 unspecified atom stereocenters. The maximum absolute atomic E-state index is 12.4. The van der Waals surface area contributed by atoms with Crippen LogP contribution in [0.25, 0.3) is 11.3 Å². The van der Waals surface area contributed by atoms with Crippen LogP contribution in [-0.4, -0.2) is 29.1 Å². The van der Waals surface area contributed by atoms with E-state index in [2.05, 4.69) is 19.0 Å². The SMILES string of the molecule is CCCN(CCC)C(=O)c1cc(-c2ccccc2)no1. The van der Waals surface area contributed by atoms with Crippen LogP contribution >= 0.6 is 0 Å². The maximum Gasteiger partial charge on any atom is 0.292 e. The monoisotopic (exact) mass is 272 g/mol. The molecule has 0 spiro atoms. The van der Waals surface area contributed by atoms with Crippen molar-refractivity contribution < 1.29 is 9.32 Å². The van der Waals surface area contributed by atoms with Crippen molar-refractivity contribution in [2.75, 3.05) is 13.1 Å². The lowest BCUT2D eigenvalue weighted by atomic mass is 10.1. The average Bonchev–Trinajstić information content (AvgIpc) is 2.97. The van der Waals surface area contributed by atoms with Crippen LogP contribution in [0, 0.1) is 0 Å². The van der Waals surface area contributed by atoms with Gasteiger partial charge in [0.05, 0.1) is 0 Å². The van der Waals surface area contributed by atoms with Gasteiger partial charge in [-0.2, -0.15) is 0 Å². The van der Waals surface area contributed by atoms with Gasteiger partial charge in [0.2, 0.25) is 5.76 Å². The van der Waals surface area contributed by atoms with E-state index in [4.69, 9.17) is 4.52 Å². The lowest BCUT2D eigenvalue weighted by molar-refractivity contribution is 0.0713. The minimum atomic E-state index is -0.0802. The Morgan fingerprint density at radius 2 is 1.80 bits per heavy atom. The van der Waals surface area contributed by atoms with E-state index in [0.717, 1.165) is 31.5 Å². The summed E-state index contributed by atoms with van der Waals surface area (Å²) in [5, 5.41) is 3.99. The molecule has 1 aromatic heterocycles. The normalized spacial score (nSPS) is 10.5. The second-order valence-electron chi connectivity index (χ2n) is 4.73. The highest BCUT2D eigenvalue weighted by Gasteiger charge is 2.19. The third kappa shape index (κ3) is 3.26. The van der Waals surface area contributed by atoms with Gasteiger partial charge in [0.1, 0.15) is 5.69 Å². The standard InChI is InChI=1S/C16H20N2O2/c1-3-10-18(11-4-2)16(19)15-12-14(17-20-15)13-8-6-5-7-9-13/h5-9,12H,3-4,10-11H2,1-2H3. The molecule has 106 valence electrons. The lowest BCUT2D eigenvalue weighted by Gasteiger charge is -2.19. The van der Waals surface area contributed by atoms with Crippen LogP contribution in [0.2, 0.25) is 0 Å². The Labute approximate surface area is 119 Å². The fourth-order valence-electron chi connectivity index (χ4n) is 2.13. The number of aromatic nitrogens is 1. The molecule has 0 atom stereocenters. The minimum absolute atomic E-state index is 0.0802. The van der Waals surface area contributed by atoms with Gasteiger partial charge in [-0.05, 0) is 12.8 Å². The zero-order chi connectivity index (χ0) is 14.4. The molecule has 0 bridgehead atoms. The highest BCUT2D eigenvalue weighted by Crippen LogP contribution is 2.19. The number of carbonyl (C=O) groups excluding carboxylic acids is 1. The Morgan fingerprint density at radius 3 is 2.40 bits per heavy atom. The largest absolute Gasteiger partial charge is 0.350 e. The number of nitrogens with zero attached hydrogens (tertiary/aromatic N) is 2. The van der Waals surface area contributed by atoms with Crippen molar-refractivity contribution >= 4 is 5.91 Å². The summed E-state index contributed by atoms with van der Waals surface area (Å²) in [6.45, 7) is 5.61. The molecule has 0 aliphatic carbocycles. The van der Waals surface area contributed by atoms with E-state index in [9.17, 15) is 4.79 Å². The zero-order valence-electron chi connectivity index (χ0n) is 12.0. The van der Waals surface area contributed by atoms with Crippen molar-refractivity contribution in [3.8, 4) is 11.3 Å². The quantitative estimate of drug-likeness (QED) is 0.807. The highest BCUT2D eigenvalue weighted by molar-refractivity contribution is 5.92. The second-order valence-corrected chi connectivity index (χ2v) is 4.73. The van der Waals surface area contributed by atoms with Crippen LogP contribution in [0.1, 0.15) is 37.2 Å². The summed E-state index contributed by atoms with van der Waals surface area (Å²) in [5.41, 5.74) is 1.65. The van der Waals surface area contributed by atoms with Crippen molar-refractivity contribution in [2.24, 2.45) is 0 Å². The van der Waals surface area contributed by atoms with Crippen molar-refractivity contribution in [1.29, 1.82) is 0 Å². The van der Waals surface area contributed by atoms with Crippen LogP contribution in [0.5, 0.6) is 0 Å². The molecule has 4 heteroatoms. The van der Waals surface area contributed by atoms with E-state index in [-0.39, 0.29) is 5.91 Å². The third-order valence-corrected chi connectivity index (χ3v) is 3.06. The Morgan fingerprint density at radius 1 is 1.15 bits per heavy atom. The van der Waals surface area contributed by atoms with Gasteiger partial charge >= 0.3 is 0 Å². The Bertz CT molecular complexity index is 543. The summed E-state index contributed by atoms with van der Waals surface area (Å²) >= 11 is 0. The van der Waals surface area contributed by atoms with Gasteiger partial charge in [-0.1, -0.05) is 49.3 Å². The predicted molar refractivity (Wildman–Crippen MR) is 78.4 cm³/mol. The van der Waals surface area contributed by atoms with Crippen molar-refractivity contribution in [3.63, 3.8) is 0 Å². The van der Waals surface area contributed by atoms with E-state index in [0.29, 0.717) is 11.5 Å². The molecule has 1 amide bonds. The first-order valence-corrected chi connectivity index (χ1v) is 7.07. The lowest BCUT2D eigenvalue weighted by Crippen LogP contribution is -2.32. The molecule has 1 aromatic carbocycles. The van der Waals surface area contributed by atoms with Gasteiger partial charge in [-0.3, -0.25) is 4.79 Å². The molecule has 0 N–H and O–H groups in total. The molecule has 2 rings (SSSR count). The Kier molecular flexibility index (Phi) is 4.93. The first kappa shape index (κ1) is 14.3. The van der Waals surface area contributed by atoms with Crippen molar-refractivity contribution in [1.82, 2.24) is 10.1 Å². The van der Waals surface area contributed by atoms with Crippen molar-refractivity contribution in [2.45, 2.75) is 26.7 Å². The molecule has 4 nitrogen and oxygen atoms in total. The topological polar surface area (TPSA) is 46.3 Å². The molecule has 0 aliphatic rings. The molecular formula is C16H20N2O2. The first-order chi connectivity index (χ1) is 9.76. The first-order valence-electron chi connectivity index (χ1n) is 7.07. The summed E-state index contributed by atoms with van der Waals surface area (Å²) in [6.07, 6.45) is 1.87. The summed E-state index contributed by atoms with van der Waals surface area (Å²) in [7, 11) is 0. The number of rotatable bonds is 6. The minimum Gasteiger partial charge on any atom is -0.350 e. The van der Waals surface area contributed by atoms with E-state index >= 15 is 0 Å². The fraction of sp³-hybridized carbons (Fsp3) is 0.375. The zero-order valence-corrected chi connectivity index (χ0v) is 12.0. The number of benzene rings is 1. The molecule has 0 saturated heterocycles. The van der Waals surface area contributed by atoms with E-state index in [1.807, 2.05) is 35.2 Å². The fourth-order valence-corrected chi connectivity index (χ4v) is 2.13. The summed E-state index contributed by atoms with van der Waals surface area (Å²) in [4.78, 5) is 14.2. The maximum atomic E-state index is 12.4. The molecular weight excluding hydrogens is 252 g/mol. The Balaban J connectivity index is 2.17. The van der Waals surface area contributed by atoms with Crippen LogP contribution in [0.4, 0.5) is 0 Å². The van der Waals surface area contributed by atoms with E-state index in [1.54, 1.807) is 6.07 Å².